The van der Waals surface area contributed by atoms with Crippen LogP contribution < -0.4 is 14.9 Å². The minimum atomic E-state index is -0.780. The molecule has 0 radical (unpaired) electrons. The van der Waals surface area contributed by atoms with E-state index in [9.17, 15) is 24.3 Å². The maximum absolute atomic E-state index is 13.9. The number of fused-ring (bicyclic) bond motifs is 1. The van der Waals surface area contributed by atoms with Gasteiger partial charge in [-0.05, 0) is 19.3 Å². The van der Waals surface area contributed by atoms with Crippen molar-refractivity contribution in [1.29, 1.82) is 0 Å². The fourth-order valence-electron chi connectivity index (χ4n) is 3.97. The van der Waals surface area contributed by atoms with E-state index >= 15 is 0 Å². The second kappa shape index (κ2) is 13.6. The highest BCUT2D eigenvalue weighted by Gasteiger charge is 2.29. The highest BCUT2D eigenvalue weighted by molar-refractivity contribution is 6.08. The molecule has 0 bridgehead atoms. The lowest BCUT2D eigenvalue weighted by atomic mass is 10.00. The van der Waals surface area contributed by atoms with Crippen LogP contribution in [0.5, 0.6) is 17.2 Å². The van der Waals surface area contributed by atoms with Crippen LogP contribution in [0.15, 0.2) is 45.6 Å². The Balaban J connectivity index is 2.33. The van der Waals surface area contributed by atoms with Gasteiger partial charge in [0.1, 0.15) is 22.3 Å². The van der Waals surface area contributed by atoms with E-state index in [1.807, 2.05) is 20.8 Å². The monoisotopic (exact) mass is 522 g/mol. The lowest BCUT2D eigenvalue weighted by Gasteiger charge is -2.16. The van der Waals surface area contributed by atoms with Crippen molar-refractivity contribution in [3.05, 3.63) is 52.2 Å². The molecule has 3 rings (SSSR count). The molecular formula is C30H34O8. The number of carbonyl (C=O) groups is 3. The number of esters is 2. The van der Waals surface area contributed by atoms with Gasteiger partial charge in [-0.3, -0.25) is 19.2 Å². The summed E-state index contributed by atoms with van der Waals surface area (Å²) in [7, 11) is 0. The van der Waals surface area contributed by atoms with Crippen LogP contribution in [-0.2, 0) is 9.59 Å². The van der Waals surface area contributed by atoms with Gasteiger partial charge in [0.05, 0.1) is 0 Å². The van der Waals surface area contributed by atoms with Crippen LogP contribution in [0.3, 0.4) is 0 Å². The molecule has 0 saturated heterocycles. The Morgan fingerprint density at radius 3 is 1.95 bits per heavy atom. The SMILES string of the molecule is CCCCC(=O)Oc1c(-c2ccccc2)oc2cc(O)c(C(=O)CCCC)c(OC(=O)CCCC)c2c1=O. The topological polar surface area (TPSA) is 120 Å². The van der Waals surface area contributed by atoms with Gasteiger partial charge >= 0.3 is 11.9 Å². The summed E-state index contributed by atoms with van der Waals surface area (Å²) in [5.74, 6) is -2.97. The van der Waals surface area contributed by atoms with E-state index in [1.165, 1.54) is 0 Å². The smallest absolute Gasteiger partial charge is 0.311 e. The zero-order valence-corrected chi connectivity index (χ0v) is 22.1. The molecule has 0 fully saturated rings. The summed E-state index contributed by atoms with van der Waals surface area (Å²) in [6.45, 7) is 5.75. The first kappa shape index (κ1) is 28.6. The zero-order valence-electron chi connectivity index (χ0n) is 22.1. The van der Waals surface area contributed by atoms with Crippen LogP contribution in [0.2, 0.25) is 0 Å². The number of phenolic OH excluding ortho intramolecular Hbond substituents is 1. The fraction of sp³-hybridized carbons (Fsp3) is 0.400. The Morgan fingerprint density at radius 2 is 1.37 bits per heavy atom. The largest absolute Gasteiger partial charge is 0.507 e. The van der Waals surface area contributed by atoms with Gasteiger partial charge in [-0.2, -0.15) is 0 Å². The first-order valence-electron chi connectivity index (χ1n) is 13.2. The minimum absolute atomic E-state index is 0.0133. The molecule has 0 aliphatic carbocycles. The van der Waals surface area contributed by atoms with Gasteiger partial charge in [0.25, 0.3) is 0 Å². The summed E-state index contributed by atoms with van der Waals surface area (Å²) < 4.78 is 17.1. The molecule has 0 spiro atoms. The molecule has 8 nitrogen and oxygen atoms in total. The summed E-state index contributed by atoms with van der Waals surface area (Å²) in [6.07, 6.45) is 4.12. The summed E-state index contributed by atoms with van der Waals surface area (Å²) in [5, 5.41) is 10.6. The van der Waals surface area contributed by atoms with E-state index in [0.717, 1.165) is 25.3 Å². The van der Waals surface area contributed by atoms with E-state index in [4.69, 9.17) is 13.9 Å². The highest BCUT2D eigenvalue weighted by Crippen LogP contribution is 2.40. The van der Waals surface area contributed by atoms with Crippen molar-refractivity contribution >= 4 is 28.7 Å². The Labute approximate surface area is 221 Å². The number of carbonyl (C=O) groups excluding carboxylic acids is 3. The molecule has 0 saturated carbocycles. The maximum atomic E-state index is 13.9. The van der Waals surface area contributed by atoms with Crippen LogP contribution in [0.25, 0.3) is 22.3 Å². The fourth-order valence-corrected chi connectivity index (χ4v) is 3.97. The lowest BCUT2D eigenvalue weighted by molar-refractivity contribution is -0.135. The summed E-state index contributed by atoms with van der Waals surface area (Å²) in [6, 6.07) is 9.77. The number of unbranched alkanes of at least 4 members (excludes halogenated alkanes) is 3. The van der Waals surface area contributed by atoms with Gasteiger partial charge in [0.15, 0.2) is 17.3 Å². The van der Waals surface area contributed by atoms with Crippen LogP contribution >= 0.6 is 0 Å². The molecule has 1 aromatic heterocycles. The van der Waals surface area contributed by atoms with Crippen molar-refractivity contribution in [2.24, 2.45) is 0 Å². The van der Waals surface area contributed by atoms with Gasteiger partial charge in [-0.15, -0.1) is 0 Å². The Hall–Kier alpha value is -3.94. The van der Waals surface area contributed by atoms with Crippen LogP contribution in [0, 0.1) is 0 Å². The molecule has 38 heavy (non-hydrogen) atoms. The third kappa shape index (κ3) is 6.68. The number of aromatic hydroxyl groups is 1. The number of hydrogen-bond donors (Lipinski definition) is 1. The van der Waals surface area contributed by atoms with E-state index in [1.54, 1.807) is 30.3 Å². The van der Waals surface area contributed by atoms with E-state index in [2.05, 4.69) is 0 Å². The number of Topliss-reactive ketones (excluding diaryl/α,β-unsaturated/α-hetero) is 1. The number of hydrogen-bond acceptors (Lipinski definition) is 8. The highest BCUT2D eigenvalue weighted by atomic mass is 16.5. The summed E-state index contributed by atoms with van der Waals surface area (Å²) in [4.78, 5) is 52.3. The van der Waals surface area contributed by atoms with Gasteiger partial charge in [-0.25, -0.2) is 0 Å². The Kier molecular flexibility index (Phi) is 10.2. The molecule has 2 aromatic carbocycles. The van der Waals surface area contributed by atoms with Gasteiger partial charge < -0.3 is 19.0 Å². The average Bonchev–Trinajstić information content (AvgIpc) is 2.91. The molecule has 8 heteroatoms. The molecule has 0 unspecified atom stereocenters. The molecule has 1 heterocycles. The zero-order chi connectivity index (χ0) is 27.7. The van der Waals surface area contributed by atoms with Crippen molar-refractivity contribution in [1.82, 2.24) is 0 Å². The van der Waals surface area contributed by atoms with E-state index in [0.29, 0.717) is 24.8 Å². The molecular weight excluding hydrogens is 488 g/mol. The van der Waals surface area contributed by atoms with E-state index in [-0.39, 0.29) is 53.1 Å². The van der Waals surface area contributed by atoms with Gasteiger partial charge in [-0.1, -0.05) is 70.4 Å². The van der Waals surface area contributed by atoms with Crippen molar-refractivity contribution < 1.29 is 33.4 Å². The predicted octanol–water partition coefficient (Wildman–Crippen LogP) is 6.73. The number of phenols is 1. The molecule has 0 aliphatic rings. The first-order valence-corrected chi connectivity index (χ1v) is 13.2. The number of rotatable bonds is 13. The lowest BCUT2D eigenvalue weighted by Crippen LogP contribution is -2.18. The van der Waals surface area contributed by atoms with Crippen molar-refractivity contribution in [2.75, 3.05) is 0 Å². The molecule has 0 amide bonds. The third-order valence-electron chi connectivity index (χ3n) is 6.05. The molecule has 202 valence electrons. The summed E-state index contributed by atoms with van der Waals surface area (Å²) >= 11 is 0. The molecule has 0 atom stereocenters. The minimum Gasteiger partial charge on any atom is -0.507 e. The second-order valence-electron chi connectivity index (χ2n) is 9.11. The van der Waals surface area contributed by atoms with Crippen molar-refractivity contribution in [3.8, 4) is 28.6 Å². The van der Waals surface area contributed by atoms with Crippen molar-refractivity contribution in [2.45, 2.75) is 78.6 Å². The normalized spacial score (nSPS) is 10.9. The molecule has 0 aliphatic heterocycles. The average molecular weight is 523 g/mol. The molecule has 3 aromatic rings. The van der Waals surface area contributed by atoms with Crippen molar-refractivity contribution in [3.63, 3.8) is 0 Å². The number of ketones is 1. The maximum Gasteiger partial charge on any atom is 0.311 e. The van der Waals surface area contributed by atoms with Gasteiger partial charge in [0, 0.05) is 30.9 Å². The number of ether oxygens (including phenoxy) is 2. The standard InChI is InChI=1S/C30H34O8/c1-4-7-15-20(31)25-21(32)18-22-26(29(25)37-23(33)16-8-5-2)27(35)30(38-24(34)17-9-6-3)28(36-22)19-13-11-10-12-14-19/h10-14,18,32H,4-9,15-17H2,1-3H3. The quantitative estimate of drug-likeness (QED) is 0.149. The van der Waals surface area contributed by atoms with Crippen LogP contribution in [-0.4, -0.2) is 22.8 Å². The number of benzene rings is 2. The Morgan fingerprint density at radius 1 is 0.816 bits per heavy atom. The predicted molar refractivity (Wildman–Crippen MR) is 144 cm³/mol. The summed E-state index contributed by atoms with van der Waals surface area (Å²) in [5.41, 5.74) is -0.685. The first-order chi connectivity index (χ1) is 18.3. The Bertz CT molecular complexity index is 1350. The van der Waals surface area contributed by atoms with Crippen LogP contribution in [0.1, 0.15) is 88.9 Å². The van der Waals surface area contributed by atoms with E-state index < -0.39 is 28.9 Å². The molecule has 1 N–H and O–H groups in total. The van der Waals surface area contributed by atoms with Crippen LogP contribution in [0.4, 0.5) is 0 Å². The third-order valence-corrected chi connectivity index (χ3v) is 6.05. The van der Waals surface area contributed by atoms with Gasteiger partial charge in [0.2, 0.25) is 11.2 Å². The second-order valence-corrected chi connectivity index (χ2v) is 9.11.